The van der Waals surface area contributed by atoms with Crippen LogP contribution in [0, 0.1) is 0 Å². The van der Waals surface area contributed by atoms with Crippen LogP contribution in [0.4, 0.5) is 5.13 Å². The molecule has 0 saturated carbocycles. The van der Waals surface area contributed by atoms with Crippen molar-refractivity contribution < 1.29 is 9.84 Å². The van der Waals surface area contributed by atoms with Crippen LogP contribution in [0.25, 0.3) is 0 Å². The number of aliphatic hydroxyl groups is 1. The number of halogens is 1. The molecule has 7 heteroatoms. The van der Waals surface area contributed by atoms with E-state index in [2.05, 4.69) is 4.98 Å². The van der Waals surface area contributed by atoms with E-state index >= 15 is 0 Å². The third-order valence-electron chi connectivity index (χ3n) is 2.54. The fraction of sp³-hybridized carbons (Fsp3) is 0.417. The maximum atomic E-state index is 9.31. The molecule has 0 radical (unpaired) electrons. The van der Waals surface area contributed by atoms with E-state index in [1.807, 2.05) is 24.1 Å². The Balaban J connectivity index is 2.12. The number of hydrogen-bond donors (Lipinski definition) is 1. The number of anilines is 1. The molecule has 4 nitrogen and oxygen atoms in total. The van der Waals surface area contributed by atoms with Crippen molar-refractivity contribution in [1.29, 1.82) is 0 Å². The highest BCUT2D eigenvalue weighted by atomic mass is 35.5. The van der Waals surface area contributed by atoms with E-state index in [1.165, 1.54) is 16.2 Å². The van der Waals surface area contributed by atoms with Gasteiger partial charge < -0.3 is 14.7 Å². The van der Waals surface area contributed by atoms with Gasteiger partial charge in [-0.1, -0.05) is 22.9 Å². The number of ether oxygens (including phenoxy) is 1. The van der Waals surface area contributed by atoms with Crippen LogP contribution in [0.1, 0.15) is 15.4 Å². The number of rotatable bonds is 6. The number of hydrogen-bond acceptors (Lipinski definition) is 6. The lowest BCUT2D eigenvalue weighted by Crippen LogP contribution is -2.15. The second kappa shape index (κ2) is 6.67. The second-order valence-corrected chi connectivity index (χ2v) is 6.88. The topological polar surface area (TPSA) is 45.6 Å². The van der Waals surface area contributed by atoms with Gasteiger partial charge in [-0.2, -0.15) is 0 Å². The SMILES string of the molecule is COCc1nc(N(C)Cc2ccc(Cl)s2)sc1CO. The van der Waals surface area contributed by atoms with Crippen LogP contribution in [-0.4, -0.2) is 24.2 Å². The predicted octanol–water partition coefficient (Wildman–Crippen LogP) is 3.13. The molecule has 0 aliphatic heterocycles. The minimum absolute atomic E-state index is 0.00493. The van der Waals surface area contributed by atoms with E-state index in [9.17, 15) is 5.11 Å². The number of aliphatic hydroxyl groups excluding tert-OH is 1. The lowest BCUT2D eigenvalue weighted by Gasteiger charge is -2.14. The Hall–Kier alpha value is -0.660. The van der Waals surface area contributed by atoms with E-state index in [4.69, 9.17) is 16.3 Å². The van der Waals surface area contributed by atoms with Crippen LogP contribution in [0.15, 0.2) is 12.1 Å². The van der Waals surface area contributed by atoms with Gasteiger partial charge in [0, 0.05) is 19.0 Å². The molecule has 0 fully saturated rings. The summed E-state index contributed by atoms with van der Waals surface area (Å²) in [5, 5.41) is 10.2. The minimum Gasteiger partial charge on any atom is -0.391 e. The van der Waals surface area contributed by atoms with E-state index in [0.29, 0.717) is 6.61 Å². The molecule has 0 unspecified atom stereocenters. The van der Waals surface area contributed by atoms with Crippen LogP contribution in [-0.2, 0) is 24.5 Å². The standard InChI is InChI=1S/C12H15ClN2O2S2/c1-15(5-8-3-4-11(13)18-8)12-14-9(7-17-2)10(6-16)19-12/h3-4,16H,5-7H2,1-2H3. The summed E-state index contributed by atoms with van der Waals surface area (Å²) in [6.45, 7) is 1.17. The molecule has 104 valence electrons. The highest BCUT2D eigenvalue weighted by Gasteiger charge is 2.14. The number of thiophene rings is 1. The minimum atomic E-state index is -0.00493. The van der Waals surface area contributed by atoms with Crippen LogP contribution in [0.2, 0.25) is 4.34 Å². The Kier molecular flexibility index (Phi) is 5.18. The monoisotopic (exact) mass is 318 g/mol. The first-order chi connectivity index (χ1) is 9.13. The van der Waals surface area contributed by atoms with Gasteiger partial charge in [-0.25, -0.2) is 4.98 Å². The number of nitrogens with zero attached hydrogens (tertiary/aromatic N) is 2. The molecular weight excluding hydrogens is 304 g/mol. The van der Waals surface area contributed by atoms with E-state index in [-0.39, 0.29) is 6.61 Å². The molecule has 0 aliphatic rings. The van der Waals surface area contributed by atoms with Gasteiger partial charge in [0.2, 0.25) is 0 Å². The summed E-state index contributed by atoms with van der Waals surface area (Å²) in [5.74, 6) is 0. The third-order valence-corrected chi connectivity index (χ3v) is 4.95. The summed E-state index contributed by atoms with van der Waals surface area (Å²) in [7, 11) is 3.60. The predicted molar refractivity (Wildman–Crippen MR) is 80.2 cm³/mol. The van der Waals surface area contributed by atoms with Gasteiger partial charge in [-0.15, -0.1) is 11.3 Å². The zero-order chi connectivity index (χ0) is 13.8. The zero-order valence-electron chi connectivity index (χ0n) is 10.7. The largest absolute Gasteiger partial charge is 0.391 e. The molecule has 0 spiro atoms. The molecule has 2 aromatic heterocycles. The van der Waals surface area contributed by atoms with E-state index in [0.717, 1.165) is 26.6 Å². The number of aromatic nitrogens is 1. The molecule has 2 heterocycles. The first-order valence-electron chi connectivity index (χ1n) is 5.67. The quantitative estimate of drug-likeness (QED) is 0.889. The Morgan fingerprint density at radius 2 is 2.21 bits per heavy atom. The van der Waals surface area contributed by atoms with Gasteiger partial charge in [0.25, 0.3) is 0 Å². The van der Waals surface area contributed by atoms with Gasteiger partial charge >= 0.3 is 0 Å². The van der Waals surface area contributed by atoms with Crippen molar-refractivity contribution in [3.8, 4) is 0 Å². The third kappa shape index (κ3) is 3.67. The van der Waals surface area contributed by atoms with Crippen LogP contribution < -0.4 is 4.90 Å². The summed E-state index contributed by atoms with van der Waals surface area (Å²) < 4.78 is 5.87. The van der Waals surface area contributed by atoms with Gasteiger partial charge in [0.15, 0.2) is 5.13 Å². The molecule has 0 aliphatic carbocycles. The molecule has 19 heavy (non-hydrogen) atoms. The molecule has 0 amide bonds. The molecule has 1 N–H and O–H groups in total. The number of methoxy groups -OCH3 is 1. The molecular formula is C12H15ClN2O2S2. The lowest BCUT2D eigenvalue weighted by molar-refractivity contribution is 0.179. The van der Waals surface area contributed by atoms with E-state index in [1.54, 1.807) is 18.4 Å². The summed E-state index contributed by atoms with van der Waals surface area (Å²) >= 11 is 8.97. The van der Waals surface area contributed by atoms with Gasteiger partial charge in [-0.05, 0) is 12.1 Å². The average Bonchev–Trinajstić information content (AvgIpc) is 2.96. The summed E-state index contributed by atoms with van der Waals surface area (Å²) in [6, 6.07) is 3.91. The Bertz CT molecular complexity index is 542. The maximum absolute atomic E-state index is 9.31. The first-order valence-corrected chi connectivity index (χ1v) is 7.69. The van der Waals surface area contributed by atoms with E-state index < -0.39 is 0 Å². The van der Waals surface area contributed by atoms with Crippen molar-refractivity contribution in [2.45, 2.75) is 19.8 Å². The summed E-state index contributed by atoms with van der Waals surface area (Å²) in [4.78, 5) is 8.59. The highest BCUT2D eigenvalue weighted by Crippen LogP contribution is 2.29. The van der Waals surface area contributed by atoms with Crippen molar-refractivity contribution in [2.24, 2.45) is 0 Å². The molecule has 0 aromatic carbocycles. The molecule has 0 bridgehead atoms. The van der Waals surface area contributed by atoms with Gasteiger partial charge in [0.1, 0.15) is 0 Å². The normalized spacial score (nSPS) is 10.9. The highest BCUT2D eigenvalue weighted by molar-refractivity contribution is 7.16. The molecule has 0 atom stereocenters. The fourth-order valence-corrected chi connectivity index (χ4v) is 3.67. The Morgan fingerprint density at radius 1 is 1.42 bits per heavy atom. The van der Waals surface area contributed by atoms with Gasteiger partial charge in [0.05, 0.1) is 34.7 Å². The molecule has 2 rings (SSSR count). The first kappa shape index (κ1) is 14.7. The smallest absolute Gasteiger partial charge is 0.186 e. The molecule has 2 aromatic rings. The summed E-state index contributed by atoms with van der Waals surface area (Å²) in [6.07, 6.45) is 0. The summed E-state index contributed by atoms with van der Waals surface area (Å²) in [5.41, 5.74) is 0.807. The van der Waals surface area contributed by atoms with Crippen LogP contribution in [0.5, 0.6) is 0 Å². The fourth-order valence-electron chi connectivity index (χ4n) is 1.64. The van der Waals surface area contributed by atoms with Crippen molar-refractivity contribution >= 4 is 39.4 Å². The van der Waals surface area contributed by atoms with Crippen molar-refractivity contribution in [3.05, 3.63) is 31.9 Å². The van der Waals surface area contributed by atoms with Gasteiger partial charge in [-0.3, -0.25) is 0 Å². The number of thiazole rings is 1. The van der Waals surface area contributed by atoms with Crippen molar-refractivity contribution in [1.82, 2.24) is 4.98 Å². The lowest BCUT2D eigenvalue weighted by atomic mass is 10.4. The second-order valence-electron chi connectivity index (χ2n) is 4.02. The van der Waals surface area contributed by atoms with Crippen molar-refractivity contribution in [2.75, 3.05) is 19.1 Å². The zero-order valence-corrected chi connectivity index (χ0v) is 13.1. The Morgan fingerprint density at radius 3 is 2.79 bits per heavy atom. The maximum Gasteiger partial charge on any atom is 0.186 e. The van der Waals surface area contributed by atoms with Crippen LogP contribution in [0.3, 0.4) is 0 Å². The Labute approximate surface area is 125 Å². The molecule has 0 saturated heterocycles. The van der Waals surface area contributed by atoms with Crippen molar-refractivity contribution in [3.63, 3.8) is 0 Å². The average molecular weight is 319 g/mol. The van der Waals surface area contributed by atoms with Crippen LogP contribution >= 0.6 is 34.3 Å².